The van der Waals surface area contributed by atoms with Crippen LogP contribution in [-0.4, -0.2) is 47.1 Å². The molecule has 1 aliphatic rings. The number of piperidine rings is 1. The van der Waals surface area contributed by atoms with E-state index in [1.165, 1.54) is 24.3 Å². The quantitative estimate of drug-likeness (QED) is 0.387. The topological polar surface area (TPSA) is 83.6 Å². The number of unbranched alkanes of at least 4 members (excludes halogenated alkanes) is 1. The highest BCUT2D eigenvalue weighted by molar-refractivity contribution is 6.30. The maximum Gasteiger partial charge on any atom is 0.410 e. The maximum absolute atomic E-state index is 14.2. The van der Waals surface area contributed by atoms with Crippen LogP contribution in [0.4, 0.5) is 25.2 Å². The first-order valence-corrected chi connectivity index (χ1v) is 12.5. The number of amides is 2. The maximum atomic E-state index is 14.2. The van der Waals surface area contributed by atoms with E-state index in [0.717, 1.165) is 44.7 Å². The normalized spacial score (nSPS) is 15.9. The summed E-state index contributed by atoms with van der Waals surface area (Å²) in [5, 5.41) is 5.62. The number of nitrogens with one attached hydrogen (secondary N) is 2. The Kier molecular flexibility index (Phi) is 9.48. The number of halogens is 3. The van der Waals surface area contributed by atoms with E-state index < -0.39 is 23.1 Å². The molecular formula is C26H33ClF2N4O3. The van der Waals surface area contributed by atoms with Crippen molar-refractivity contribution in [1.82, 2.24) is 9.88 Å². The summed E-state index contributed by atoms with van der Waals surface area (Å²) >= 11 is 5.72. The van der Waals surface area contributed by atoms with E-state index in [2.05, 4.69) is 15.6 Å². The van der Waals surface area contributed by atoms with E-state index >= 15 is 0 Å². The lowest BCUT2D eigenvalue weighted by molar-refractivity contribution is 0.0160. The summed E-state index contributed by atoms with van der Waals surface area (Å²) in [7, 11) is 0. The van der Waals surface area contributed by atoms with E-state index in [9.17, 15) is 18.4 Å². The van der Waals surface area contributed by atoms with Gasteiger partial charge in [-0.3, -0.25) is 4.79 Å². The third kappa shape index (κ3) is 8.33. The highest BCUT2D eigenvalue weighted by atomic mass is 35.5. The van der Waals surface area contributed by atoms with Gasteiger partial charge in [0.25, 0.3) is 5.91 Å². The Morgan fingerprint density at radius 1 is 1.17 bits per heavy atom. The van der Waals surface area contributed by atoms with Gasteiger partial charge in [0.1, 0.15) is 17.2 Å². The Hall–Kier alpha value is -2.94. The minimum atomic E-state index is -0.757. The van der Waals surface area contributed by atoms with Crippen LogP contribution in [0.25, 0.3) is 0 Å². The van der Waals surface area contributed by atoms with Crippen molar-refractivity contribution in [3.63, 3.8) is 0 Å². The average molecular weight is 523 g/mol. The predicted molar refractivity (Wildman–Crippen MR) is 136 cm³/mol. The molecule has 0 radical (unpaired) electrons. The fourth-order valence-corrected chi connectivity index (χ4v) is 4.21. The van der Waals surface area contributed by atoms with Gasteiger partial charge < -0.3 is 20.3 Å². The molecular weight excluding hydrogens is 490 g/mol. The molecule has 1 aromatic heterocycles. The molecule has 1 aromatic carbocycles. The van der Waals surface area contributed by atoms with Gasteiger partial charge in [-0.2, -0.15) is 0 Å². The first-order valence-electron chi connectivity index (χ1n) is 12.2. The Morgan fingerprint density at radius 2 is 1.94 bits per heavy atom. The van der Waals surface area contributed by atoms with Gasteiger partial charge in [-0.15, -0.1) is 0 Å². The molecule has 3 rings (SSSR count). The van der Waals surface area contributed by atoms with Crippen molar-refractivity contribution >= 4 is 35.2 Å². The van der Waals surface area contributed by atoms with Gasteiger partial charge in [-0.05, 0) is 82.7 Å². The van der Waals surface area contributed by atoms with E-state index in [4.69, 9.17) is 16.3 Å². The number of aromatic nitrogens is 1. The second kappa shape index (κ2) is 12.3. The third-order valence-corrected chi connectivity index (χ3v) is 6.00. The summed E-state index contributed by atoms with van der Waals surface area (Å²) in [6.45, 7) is 7.49. The van der Waals surface area contributed by atoms with Crippen molar-refractivity contribution in [2.24, 2.45) is 5.92 Å². The zero-order chi connectivity index (χ0) is 26.3. The number of carbonyl (C=O) groups excluding carboxylic acids is 2. The standard InChI is InChI=1S/C26H33ClF2N4O3/c1-26(2,3)36-25(35)33-14-6-8-17(16-33)7-4-5-13-30-23-20(28)11-12-22(31-23)32-24(34)19-10-9-18(27)15-21(19)29/h9-12,15,17H,4-8,13-14,16H2,1-3H3,(H2,30,31,32,34). The average Bonchev–Trinajstić information content (AvgIpc) is 2.79. The molecule has 1 atom stereocenters. The van der Waals surface area contributed by atoms with Crippen molar-refractivity contribution < 1.29 is 23.1 Å². The van der Waals surface area contributed by atoms with Gasteiger partial charge in [0, 0.05) is 24.7 Å². The van der Waals surface area contributed by atoms with Crippen LogP contribution in [0.2, 0.25) is 5.02 Å². The highest BCUT2D eigenvalue weighted by Gasteiger charge is 2.27. The van der Waals surface area contributed by atoms with Gasteiger partial charge in [-0.25, -0.2) is 18.6 Å². The molecule has 1 aliphatic heterocycles. The second-order valence-corrected chi connectivity index (χ2v) is 10.4. The number of rotatable bonds is 8. The van der Waals surface area contributed by atoms with Crippen molar-refractivity contribution in [3.8, 4) is 0 Å². The molecule has 1 saturated heterocycles. The van der Waals surface area contributed by atoms with Gasteiger partial charge >= 0.3 is 6.09 Å². The molecule has 2 aromatic rings. The largest absolute Gasteiger partial charge is 0.444 e. The fraction of sp³-hybridized carbons (Fsp3) is 0.500. The Balaban J connectivity index is 1.44. The Bertz CT molecular complexity index is 1080. The van der Waals surface area contributed by atoms with Crippen LogP contribution in [0.1, 0.15) is 63.2 Å². The lowest BCUT2D eigenvalue weighted by Crippen LogP contribution is -2.42. The number of ether oxygens (including phenoxy) is 1. The minimum absolute atomic E-state index is 0.0122. The van der Waals surface area contributed by atoms with Crippen molar-refractivity contribution in [3.05, 3.63) is 52.6 Å². The van der Waals surface area contributed by atoms with Crippen molar-refractivity contribution in [2.75, 3.05) is 30.3 Å². The molecule has 2 heterocycles. The summed E-state index contributed by atoms with van der Waals surface area (Å²) in [6, 6.07) is 6.23. The summed E-state index contributed by atoms with van der Waals surface area (Å²) in [4.78, 5) is 30.6. The van der Waals surface area contributed by atoms with Crippen molar-refractivity contribution in [1.29, 1.82) is 0 Å². The minimum Gasteiger partial charge on any atom is -0.444 e. The van der Waals surface area contributed by atoms with E-state index in [-0.39, 0.29) is 28.3 Å². The lowest BCUT2D eigenvalue weighted by Gasteiger charge is -2.34. The molecule has 36 heavy (non-hydrogen) atoms. The highest BCUT2D eigenvalue weighted by Crippen LogP contribution is 2.24. The lowest BCUT2D eigenvalue weighted by atomic mass is 9.93. The Morgan fingerprint density at radius 3 is 2.67 bits per heavy atom. The van der Waals surface area contributed by atoms with Crippen LogP contribution in [0.3, 0.4) is 0 Å². The zero-order valence-electron chi connectivity index (χ0n) is 20.9. The third-order valence-electron chi connectivity index (χ3n) is 5.77. The molecule has 1 fully saturated rings. The van der Waals surface area contributed by atoms with Crippen LogP contribution in [-0.2, 0) is 4.74 Å². The first kappa shape index (κ1) is 27.6. The molecule has 2 amide bonds. The summed E-state index contributed by atoms with van der Waals surface area (Å²) in [5.41, 5.74) is -0.696. The van der Waals surface area contributed by atoms with Crippen LogP contribution >= 0.6 is 11.6 Å². The number of benzene rings is 1. The van der Waals surface area contributed by atoms with Gasteiger partial charge in [0.2, 0.25) is 0 Å². The Labute approximate surface area is 215 Å². The number of pyridine rings is 1. The summed E-state index contributed by atoms with van der Waals surface area (Å²) in [6.07, 6.45) is 4.42. The number of carbonyl (C=O) groups is 2. The fourth-order valence-electron chi connectivity index (χ4n) is 4.05. The summed E-state index contributed by atoms with van der Waals surface area (Å²) < 4.78 is 33.7. The molecule has 2 N–H and O–H groups in total. The molecule has 0 aliphatic carbocycles. The first-order chi connectivity index (χ1) is 17.0. The summed E-state index contributed by atoms with van der Waals surface area (Å²) in [5.74, 6) is -1.49. The molecule has 0 bridgehead atoms. The molecule has 1 unspecified atom stereocenters. The predicted octanol–water partition coefficient (Wildman–Crippen LogP) is 6.49. The molecule has 0 saturated carbocycles. The zero-order valence-corrected chi connectivity index (χ0v) is 21.6. The monoisotopic (exact) mass is 522 g/mol. The smallest absolute Gasteiger partial charge is 0.410 e. The van der Waals surface area contributed by atoms with Crippen LogP contribution in [0, 0.1) is 17.6 Å². The van der Waals surface area contributed by atoms with E-state index in [0.29, 0.717) is 19.0 Å². The number of hydrogen-bond acceptors (Lipinski definition) is 5. The van der Waals surface area contributed by atoms with E-state index in [1.807, 2.05) is 20.8 Å². The number of nitrogens with zero attached hydrogens (tertiary/aromatic N) is 2. The van der Waals surface area contributed by atoms with Gasteiger partial charge in [0.05, 0.1) is 5.56 Å². The second-order valence-electron chi connectivity index (χ2n) is 9.96. The van der Waals surface area contributed by atoms with Crippen LogP contribution < -0.4 is 10.6 Å². The number of likely N-dealkylation sites (tertiary alicyclic amines) is 1. The SMILES string of the molecule is CC(C)(C)OC(=O)N1CCCC(CCCCNc2nc(NC(=O)c3ccc(Cl)cc3F)ccc2F)C1. The molecule has 196 valence electrons. The van der Waals surface area contributed by atoms with Gasteiger partial charge in [0.15, 0.2) is 11.6 Å². The van der Waals surface area contributed by atoms with E-state index in [1.54, 1.807) is 4.90 Å². The number of hydrogen-bond donors (Lipinski definition) is 2. The van der Waals surface area contributed by atoms with Crippen molar-refractivity contribution in [2.45, 2.75) is 58.5 Å². The van der Waals surface area contributed by atoms with Crippen LogP contribution in [0.15, 0.2) is 30.3 Å². The van der Waals surface area contributed by atoms with Gasteiger partial charge in [-0.1, -0.05) is 18.0 Å². The van der Waals surface area contributed by atoms with Crippen LogP contribution in [0.5, 0.6) is 0 Å². The molecule has 0 spiro atoms. The number of anilines is 2. The molecule has 7 nitrogen and oxygen atoms in total. The molecule has 10 heteroatoms.